The van der Waals surface area contributed by atoms with E-state index < -0.39 is 0 Å². The molecule has 0 spiro atoms. The number of ether oxygens (including phenoxy) is 2. The van der Waals surface area contributed by atoms with Gasteiger partial charge in [-0.2, -0.15) is 0 Å². The number of hydrogen-bond acceptors (Lipinski definition) is 3. The third-order valence-corrected chi connectivity index (χ3v) is 5.87. The second-order valence-corrected chi connectivity index (χ2v) is 8.81. The first-order valence-corrected chi connectivity index (χ1v) is 12.9. The average Bonchev–Trinajstić information content (AvgIpc) is 2.83. The minimum atomic E-state index is 0.116. The number of nitrogens with one attached hydrogen (secondary N) is 1. The van der Waals surface area contributed by atoms with E-state index in [2.05, 4.69) is 24.4 Å². The molecule has 0 aromatic heterocycles. The third kappa shape index (κ3) is 12.4. The van der Waals surface area contributed by atoms with Crippen molar-refractivity contribution >= 4 is 11.6 Å². The second kappa shape index (κ2) is 17.0. The smallest absolute Gasteiger partial charge is 0.224 e. The fraction of sp³-hybridized carbons (Fsp3) is 0.552. The molecule has 0 heterocycles. The van der Waals surface area contributed by atoms with E-state index in [4.69, 9.17) is 9.47 Å². The first-order chi connectivity index (χ1) is 16.2. The van der Waals surface area contributed by atoms with Crippen LogP contribution < -0.4 is 14.8 Å². The largest absolute Gasteiger partial charge is 0.497 e. The van der Waals surface area contributed by atoms with E-state index in [1.807, 2.05) is 36.4 Å². The van der Waals surface area contributed by atoms with Gasteiger partial charge in [-0.05, 0) is 55.5 Å². The molecule has 0 aliphatic rings. The number of aryl methyl sites for hydroxylation is 1. The fourth-order valence-corrected chi connectivity index (χ4v) is 3.94. The fourth-order valence-electron chi connectivity index (χ4n) is 3.94. The summed E-state index contributed by atoms with van der Waals surface area (Å²) in [6, 6.07) is 15.9. The first-order valence-electron chi connectivity index (χ1n) is 12.9. The molecule has 0 aliphatic carbocycles. The summed E-state index contributed by atoms with van der Waals surface area (Å²) in [6.45, 7) is 2.99. The zero-order valence-electron chi connectivity index (χ0n) is 20.7. The van der Waals surface area contributed by atoms with Crippen molar-refractivity contribution in [1.82, 2.24) is 0 Å². The van der Waals surface area contributed by atoms with Gasteiger partial charge in [0.15, 0.2) is 0 Å². The molecule has 0 atom stereocenters. The van der Waals surface area contributed by atoms with Gasteiger partial charge in [-0.1, -0.05) is 76.5 Å². The Morgan fingerprint density at radius 3 is 2.15 bits per heavy atom. The summed E-state index contributed by atoms with van der Waals surface area (Å²) in [6.07, 6.45) is 14.7. The van der Waals surface area contributed by atoms with Gasteiger partial charge in [-0.15, -0.1) is 0 Å². The normalized spacial score (nSPS) is 10.7. The molecule has 0 saturated carbocycles. The van der Waals surface area contributed by atoms with Crippen LogP contribution in [0.15, 0.2) is 48.5 Å². The third-order valence-electron chi connectivity index (χ3n) is 5.87. The lowest BCUT2D eigenvalue weighted by Crippen LogP contribution is -2.10. The monoisotopic (exact) mass is 453 g/mol. The number of benzene rings is 2. The topological polar surface area (TPSA) is 47.6 Å². The lowest BCUT2D eigenvalue weighted by molar-refractivity contribution is -0.116. The molecule has 0 fully saturated rings. The van der Waals surface area contributed by atoms with Crippen molar-refractivity contribution in [2.45, 2.75) is 90.4 Å². The van der Waals surface area contributed by atoms with Crippen molar-refractivity contribution in [2.75, 3.05) is 19.0 Å². The van der Waals surface area contributed by atoms with Gasteiger partial charge in [0.25, 0.3) is 0 Å². The Morgan fingerprint density at radius 2 is 1.45 bits per heavy atom. The molecule has 2 rings (SSSR count). The molecule has 182 valence electrons. The Balaban J connectivity index is 1.46. The van der Waals surface area contributed by atoms with Gasteiger partial charge < -0.3 is 14.8 Å². The number of carbonyl (C=O) groups excluding carboxylic acids is 1. The van der Waals surface area contributed by atoms with E-state index in [0.717, 1.165) is 49.5 Å². The molecule has 4 heteroatoms. The van der Waals surface area contributed by atoms with Gasteiger partial charge in [0.2, 0.25) is 5.91 Å². The van der Waals surface area contributed by atoms with E-state index in [1.165, 1.54) is 56.9 Å². The van der Waals surface area contributed by atoms with Gasteiger partial charge in [-0.25, -0.2) is 0 Å². The predicted molar refractivity (Wildman–Crippen MR) is 138 cm³/mol. The standard InChI is InChI=1S/C29H43NO3/c1-3-4-12-17-25-22-27(32-2)24-28(23-25)33-21-16-10-8-6-5-7-9-15-20-29(31)30-26-18-13-11-14-19-26/h11,13-14,18-19,22-24H,3-10,12,15-17,20-21H2,1-2H3,(H,30,31). The van der Waals surface area contributed by atoms with Crippen LogP contribution in [0.2, 0.25) is 0 Å². The molecular formula is C29H43NO3. The SMILES string of the molecule is CCCCCc1cc(OC)cc(OCCCCCCCCCCC(=O)Nc2ccccc2)c1. The Bertz CT molecular complexity index is 776. The van der Waals surface area contributed by atoms with E-state index >= 15 is 0 Å². The maximum absolute atomic E-state index is 11.9. The molecule has 0 radical (unpaired) electrons. The highest BCUT2D eigenvalue weighted by molar-refractivity contribution is 5.90. The van der Waals surface area contributed by atoms with Gasteiger partial charge in [-0.3, -0.25) is 4.79 Å². The maximum Gasteiger partial charge on any atom is 0.224 e. The van der Waals surface area contributed by atoms with Crippen LogP contribution in [-0.2, 0) is 11.2 Å². The molecule has 1 amide bonds. The van der Waals surface area contributed by atoms with Gasteiger partial charge >= 0.3 is 0 Å². The number of anilines is 1. The highest BCUT2D eigenvalue weighted by Gasteiger charge is 2.04. The van der Waals surface area contributed by atoms with E-state index in [-0.39, 0.29) is 5.91 Å². The Labute approximate surface area is 201 Å². The minimum absolute atomic E-state index is 0.116. The molecule has 1 N–H and O–H groups in total. The number of rotatable bonds is 18. The number of para-hydroxylation sites is 1. The predicted octanol–water partition coefficient (Wildman–Crippen LogP) is 7.96. The van der Waals surface area contributed by atoms with Crippen molar-refractivity contribution in [3.8, 4) is 11.5 Å². The Kier molecular flexibility index (Phi) is 13.8. The summed E-state index contributed by atoms with van der Waals surface area (Å²) < 4.78 is 11.4. The molecule has 0 saturated heterocycles. The van der Waals surface area contributed by atoms with Gasteiger partial charge in [0, 0.05) is 18.2 Å². The van der Waals surface area contributed by atoms with Crippen LogP contribution in [-0.4, -0.2) is 19.6 Å². The van der Waals surface area contributed by atoms with Crippen LogP contribution in [0.5, 0.6) is 11.5 Å². The number of unbranched alkanes of at least 4 members (excludes halogenated alkanes) is 9. The molecule has 0 bridgehead atoms. The first kappa shape index (κ1) is 26.8. The van der Waals surface area contributed by atoms with Crippen molar-refractivity contribution < 1.29 is 14.3 Å². The van der Waals surface area contributed by atoms with Crippen molar-refractivity contribution in [3.63, 3.8) is 0 Å². The maximum atomic E-state index is 11.9. The molecule has 0 aliphatic heterocycles. The second-order valence-electron chi connectivity index (χ2n) is 8.81. The Morgan fingerprint density at radius 1 is 0.788 bits per heavy atom. The number of methoxy groups -OCH3 is 1. The molecule has 0 unspecified atom stereocenters. The highest BCUT2D eigenvalue weighted by Crippen LogP contribution is 2.24. The Hall–Kier alpha value is -2.49. The quantitative estimate of drug-likeness (QED) is 0.233. The minimum Gasteiger partial charge on any atom is -0.497 e. The molecule has 2 aromatic rings. The highest BCUT2D eigenvalue weighted by atomic mass is 16.5. The van der Waals surface area contributed by atoms with E-state index in [0.29, 0.717) is 6.42 Å². The summed E-state index contributed by atoms with van der Waals surface area (Å²) in [5.41, 5.74) is 2.18. The zero-order chi connectivity index (χ0) is 23.6. The number of hydrogen-bond donors (Lipinski definition) is 1. The van der Waals surface area contributed by atoms with Crippen LogP contribution in [0.1, 0.15) is 89.5 Å². The summed E-state index contributed by atoms with van der Waals surface area (Å²) >= 11 is 0. The summed E-state index contributed by atoms with van der Waals surface area (Å²) in [5.74, 6) is 1.93. The molecule has 4 nitrogen and oxygen atoms in total. The molecule has 33 heavy (non-hydrogen) atoms. The van der Waals surface area contributed by atoms with Crippen molar-refractivity contribution in [2.24, 2.45) is 0 Å². The summed E-state index contributed by atoms with van der Waals surface area (Å²) in [5, 5.41) is 2.95. The van der Waals surface area contributed by atoms with Gasteiger partial charge in [0.1, 0.15) is 11.5 Å². The van der Waals surface area contributed by atoms with Crippen LogP contribution in [0, 0.1) is 0 Å². The van der Waals surface area contributed by atoms with E-state index in [9.17, 15) is 4.79 Å². The zero-order valence-corrected chi connectivity index (χ0v) is 20.7. The van der Waals surface area contributed by atoms with E-state index in [1.54, 1.807) is 7.11 Å². The molecular weight excluding hydrogens is 410 g/mol. The van der Waals surface area contributed by atoms with Crippen LogP contribution >= 0.6 is 0 Å². The average molecular weight is 454 g/mol. The summed E-state index contributed by atoms with van der Waals surface area (Å²) in [4.78, 5) is 11.9. The lowest BCUT2D eigenvalue weighted by Gasteiger charge is -2.11. The van der Waals surface area contributed by atoms with Crippen molar-refractivity contribution in [3.05, 3.63) is 54.1 Å². The number of amides is 1. The van der Waals surface area contributed by atoms with Crippen molar-refractivity contribution in [1.29, 1.82) is 0 Å². The van der Waals surface area contributed by atoms with Gasteiger partial charge in [0.05, 0.1) is 13.7 Å². The van der Waals surface area contributed by atoms with Crippen LogP contribution in [0.25, 0.3) is 0 Å². The molecule has 2 aromatic carbocycles. The lowest BCUT2D eigenvalue weighted by atomic mass is 10.1. The summed E-state index contributed by atoms with van der Waals surface area (Å²) in [7, 11) is 1.72. The number of carbonyl (C=O) groups is 1. The van der Waals surface area contributed by atoms with Crippen LogP contribution in [0.4, 0.5) is 5.69 Å². The van der Waals surface area contributed by atoms with Crippen LogP contribution in [0.3, 0.4) is 0 Å².